The van der Waals surface area contributed by atoms with Gasteiger partial charge >= 0.3 is 0 Å². The number of fused-ring (bicyclic) bond motifs is 2. The summed E-state index contributed by atoms with van der Waals surface area (Å²) in [7, 11) is 0. The van der Waals surface area contributed by atoms with Crippen LogP contribution in [0.3, 0.4) is 0 Å². The highest BCUT2D eigenvalue weighted by molar-refractivity contribution is 6.04. The molecule has 1 aliphatic rings. The number of hydrogen-bond acceptors (Lipinski definition) is 5. The Hall–Kier alpha value is -4.52. The first-order chi connectivity index (χ1) is 16.8. The Kier molecular flexibility index (Phi) is 4.99. The van der Waals surface area contributed by atoms with Crippen molar-refractivity contribution in [2.45, 2.75) is 18.9 Å². The van der Waals surface area contributed by atoms with Crippen molar-refractivity contribution in [1.82, 2.24) is 20.2 Å². The predicted octanol–water partition coefficient (Wildman–Crippen LogP) is 5.43. The van der Waals surface area contributed by atoms with Crippen molar-refractivity contribution in [2.75, 3.05) is 10.2 Å². The summed E-state index contributed by atoms with van der Waals surface area (Å²) < 4.78 is 0. The molecule has 0 radical (unpaired) electrons. The quantitative estimate of drug-likeness (QED) is 0.376. The topological polar surface area (TPSA) is 86.8 Å². The van der Waals surface area contributed by atoms with Crippen LogP contribution in [0, 0.1) is 0 Å². The Morgan fingerprint density at radius 3 is 2.59 bits per heavy atom. The highest BCUT2D eigenvalue weighted by Crippen LogP contribution is 2.42. The van der Waals surface area contributed by atoms with E-state index in [1.807, 2.05) is 42.5 Å². The van der Waals surface area contributed by atoms with E-state index in [9.17, 15) is 4.79 Å². The summed E-state index contributed by atoms with van der Waals surface area (Å²) >= 11 is 0. The van der Waals surface area contributed by atoms with Gasteiger partial charge < -0.3 is 10.2 Å². The van der Waals surface area contributed by atoms with Crippen LogP contribution in [0.4, 0.5) is 17.3 Å². The number of rotatable bonds is 5. The minimum absolute atomic E-state index is 0.112. The maximum Gasteiger partial charge on any atom is 0.255 e. The third kappa shape index (κ3) is 3.67. The van der Waals surface area contributed by atoms with Crippen LogP contribution in [0.25, 0.3) is 11.0 Å². The zero-order chi connectivity index (χ0) is 22.9. The average molecular weight is 447 g/mol. The fraction of sp³-hybridized carbons (Fsp3) is 0.111. The van der Waals surface area contributed by atoms with E-state index in [0.717, 1.165) is 29.6 Å². The number of anilines is 3. The first-order valence-electron chi connectivity index (χ1n) is 11.3. The van der Waals surface area contributed by atoms with Crippen LogP contribution in [0.15, 0.2) is 91.3 Å². The second-order valence-corrected chi connectivity index (χ2v) is 8.33. The molecule has 3 aromatic carbocycles. The first-order valence-corrected chi connectivity index (χ1v) is 11.3. The number of carbonyl (C=O) groups excluding carboxylic acids is 1. The molecule has 0 spiro atoms. The number of benzene rings is 3. The van der Waals surface area contributed by atoms with Crippen molar-refractivity contribution in [3.63, 3.8) is 0 Å². The third-order valence-corrected chi connectivity index (χ3v) is 6.25. The van der Waals surface area contributed by atoms with Crippen molar-refractivity contribution < 1.29 is 4.79 Å². The molecule has 34 heavy (non-hydrogen) atoms. The number of nitrogens with one attached hydrogen (secondary N) is 2. The van der Waals surface area contributed by atoms with E-state index < -0.39 is 0 Å². The number of aryl methyl sites for hydroxylation is 1. The molecule has 0 saturated carbocycles. The van der Waals surface area contributed by atoms with Gasteiger partial charge in [-0.25, -0.2) is 4.98 Å². The largest absolute Gasteiger partial charge is 0.322 e. The molecule has 0 aliphatic heterocycles. The lowest BCUT2D eigenvalue weighted by molar-refractivity contribution is 0.102. The smallest absolute Gasteiger partial charge is 0.255 e. The molecule has 2 heterocycles. The van der Waals surface area contributed by atoms with E-state index in [2.05, 4.69) is 49.7 Å². The van der Waals surface area contributed by atoms with Crippen LogP contribution in [-0.2, 0) is 6.42 Å². The van der Waals surface area contributed by atoms with Crippen LogP contribution in [0.5, 0.6) is 0 Å². The Morgan fingerprint density at radius 1 is 0.941 bits per heavy atom. The number of hydrogen-bond donors (Lipinski definition) is 2. The van der Waals surface area contributed by atoms with Gasteiger partial charge in [0, 0.05) is 23.1 Å². The molecule has 1 atom stereocenters. The second-order valence-electron chi connectivity index (χ2n) is 8.33. The fourth-order valence-electron chi connectivity index (χ4n) is 4.58. The monoisotopic (exact) mass is 446 g/mol. The van der Waals surface area contributed by atoms with Gasteiger partial charge in [-0.3, -0.25) is 9.89 Å². The molecule has 1 aliphatic carbocycles. The molecule has 1 amide bonds. The molecule has 0 bridgehead atoms. The molecule has 0 fully saturated rings. The van der Waals surface area contributed by atoms with Gasteiger partial charge in [0.15, 0.2) is 5.65 Å². The Bertz CT molecular complexity index is 1460. The number of amides is 1. The molecule has 0 saturated heterocycles. The van der Waals surface area contributed by atoms with E-state index in [1.165, 1.54) is 11.1 Å². The van der Waals surface area contributed by atoms with Crippen LogP contribution in [0.2, 0.25) is 0 Å². The Balaban J connectivity index is 1.35. The molecule has 7 nitrogen and oxygen atoms in total. The molecule has 6 rings (SSSR count). The summed E-state index contributed by atoms with van der Waals surface area (Å²) in [6.45, 7) is 0. The van der Waals surface area contributed by atoms with E-state index in [-0.39, 0.29) is 11.9 Å². The minimum Gasteiger partial charge on any atom is -0.322 e. The predicted molar refractivity (Wildman–Crippen MR) is 132 cm³/mol. The van der Waals surface area contributed by atoms with Gasteiger partial charge in [0.2, 0.25) is 5.95 Å². The summed E-state index contributed by atoms with van der Waals surface area (Å²) in [6, 6.07) is 25.7. The molecular formula is C27H22N6O. The van der Waals surface area contributed by atoms with Gasteiger partial charge in [-0.1, -0.05) is 42.5 Å². The van der Waals surface area contributed by atoms with Crippen molar-refractivity contribution in [1.29, 1.82) is 0 Å². The summed E-state index contributed by atoms with van der Waals surface area (Å²) in [5.41, 5.74) is 5.65. The lowest BCUT2D eigenvalue weighted by atomic mass is 10.1. The summed E-state index contributed by atoms with van der Waals surface area (Å²) in [5, 5.41) is 10.9. The maximum absolute atomic E-state index is 12.5. The summed E-state index contributed by atoms with van der Waals surface area (Å²) in [4.78, 5) is 24.2. The highest BCUT2D eigenvalue weighted by atomic mass is 16.1. The van der Waals surface area contributed by atoms with Crippen molar-refractivity contribution >= 4 is 34.3 Å². The van der Waals surface area contributed by atoms with Gasteiger partial charge in [0.1, 0.15) is 0 Å². The van der Waals surface area contributed by atoms with Crippen LogP contribution >= 0.6 is 0 Å². The lowest BCUT2D eigenvalue weighted by Crippen LogP contribution is -2.24. The first kappa shape index (κ1) is 20.1. The van der Waals surface area contributed by atoms with Gasteiger partial charge in [-0.05, 0) is 60.4 Å². The van der Waals surface area contributed by atoms with Crippen molar-refractivity contribution in [3.8, 4) is 0 Å². The maximum atomic E-state index is 12.5. The summed E-state index contributed by atoms with van der Waals surface area (Å²) in [6.07, 6.45) is 5.49. The molecule has 7 heteroatoms. The third-order valence-electron chi connectivity index (χ3n) is 6.25. The molecule has 5 aromatic rings. The Morgan fingerprint density at radius 2 is 1.74 bits per heavy atom. The molecular weight excluding hydrogens is 424 g/mol. The Labute approximate surface area is 196 Å². The van der Waals surface area contributed by atoms with E-state index in [1.54, 1.807) is 24.5 Å². The van der Waals surface area contributed by atoms with Crippen LogP contribution in [0.1, 0.15) is 33.9 Å². The number of carbonyl (C=O) groups is 1. The lowest BCUT2D eigenvalue weighted by Gasteiger charge is -2.30. The van der Waals surface area contributed by atoms with E-state index in [0.29, 0.717) is 17.2 Å². The van der Waals surface area contributed by atoms with Crippen LogP contribution in [-0.4, -0.2) is 26.1 Å². The minimum atomic E-state index is -0.136. The fourth-order valence-corrected chi connectivity index (χ4v) is 4.58. The SMILES string of the molecule is O=C(Nc1ccc(N(c2ncc3cn[nH]c3n2)C2CCc3ccccc32)cc1)c1ccccc1. The van der Waals surface area contributed by atoms with Crippen molar-refractivity contribution in [3.05, 3.63) is 108 Å². The van der Waals surface area contributed by atoms with Gasteiger partial charge in [-0.15, -0.1) is 0 Å². The van der Waals surface area contributed by atoms with Gasteiger partial charge in [0.25, 0.3) is 5.91 Å². The second kappa shape index (κ2) is 8.44. The average Bonchev–Trinajstić information content (AvgIpc) is 3.53. The highest BCUT2D eigenvalue weighted by Gasteiger charge is 2.30. The number of aromatic amines is 1. The standard InChI is InChI=1S/C27H22N6O/c34-26(19-7-2-1-3-8-19)30-21-11-13-22(14-12-21)33(24-15-10-18-6-4-5-9-23(18)24)27-28-16-20-17-29-32-25(20)31-27/h1-9,11-14,16-17,24H,10,15H2,(H,30,34)(H,28,29,31,32). The van der Waals surface area contributed by atoms with Gasteiger partial charge in [0.05, 0.1) is 17.6 Å². The zero-order valence-electron chi connectivity index (χ0n) is 18.3. The molecule has 1 unspecified atom stereocenters. The summed E-state index contributed by atoms with van der Waals surface area (Å²) in [5.74, 6) is 0.475. The van der Waals surface area contributed by atoms with Gasteiger partial charge in [-0.2, -0.15) is 10.1 Å². The van der Waals surface area contributed by atoms with E-state index in [4.69, 9.17) is 4.98 Å². The number of aromatic nitrogens is 4. The van der Waals surface area contributed by atoms with E-state index >= 15 is 0 Å². The zero-order valence-corrected chi connectivity index (χ0v) is 18.3. The molecule has 166 valence electrons. The number of nitrogens with zero attached hydrogens (tertiary/aromatic N) is 4. The normalized spacial score (nSPS) is 14.6. The van der Waals surface area contributed by atoms with Crippen molar-refractivity contribution in [2.24, 2.45) is 0 Å². The number of H-pyrrole nitrogens is 1. The molecule has 2 aromatic heterocycles. The molecule has 2 N–H and O–H groups in total. The van der Waals surface area contributed by atoms with Crippen LogP contribution < -0.4 is 10.2 Å².